The van der Waals surface area contributed by atoms with Crippen LogP contribution in [0, 0.1) is 0 Å². The quantitative estimate of drug-likeness (QED) is 0.257. The first-order valence-corrected chi connectivity index (χ1v) is 13.3. The Hall–Kier alpha value is -4.11. The Morgan fingerprint density at radius 1 is 0.947 bits per heavy atom. The zero-order chi connectivity index (χ0) is 26.2. The van der Waals surface area contributed by atoms with Crippen molar-refractivity contribution in [3.05, 3.63) is 83.2 Å². The molecular weight excluding hydrogens is 500 g/mol. The van der Waals surface area contributed by atoms with Crippen molar-refractivity contribution in [1.82, 2.24) is 19.6 Å². The summed E-state index contributed by atoms with van der Waals surface area (Å²) in [6.07, 6.45) is 2.72. The van der Waals surface area contributed by atoms with E-state index in [9.17, 15) is 4.79 Å². The zero-order valence-corrected chi connectivity index (χ0v) is 22.1. The molecule has 0 radical (unpaired) electrons. The maximum absolute atomic E-state index is 13.2. The number of hydrogen-bond donors (Lipinski definition) is 0. The molecule has 0 aliphatic heterocycles. The van der Waals surface area contributed by atoms with E-state index in [-0.39, 0.29) is 11.7 Å². The normalized spacial score (nSPS) is 15.0. The van der Waals surface area contributed by atoms with Crippen molar-refractivity contribution >= 4 is 34.1 Å². The van der Waals surface area contributed by atoms with Crippen LogP contribution in [0.1, 0.15) is 39.5 Å². The molecule has 1 atom stereocenters. The number of rotatable bonds is 7. The fraction of sp³-hybridized carbons (Fsp3) is 0.241. The van der Waals surface area contributed by atoms with Crippen LogP contribution >= 0.6 is 11.8 Å². The van der Waals surface area contributed by atoms with E-state index in [1.54, 1.807) is 43.8 Å². The number of ketones is 1. The number of Topliss-reactive ketones (excluding diaryl/α,β-unsaturated/α-hetero) is 1. The number of methoxy groups -OCH3 is 3. The second-order valence-electron chi connectivity index (χ2n) is 9.15. The molecule has 0 saturated heterocycles. The van der Waals surface area contributed by atoms with Gasteiger partial charge in [-0.3, -0.25) is 4.79 Å². The van der Waals surface area contributed by atoms with Crippen LogP contribution < -0.4 is 14.2 Å². The molecule has 0 amide bonds. The lowest BCUT2D eigenvalue weighted by Gasteiger charge is -2.24. The Morgan fingerprint density at radius 2 is 1.71 bits per heavy atom. The molecule has 2 heterocycles. The first kappa shape index (κ1) is 24.2. The highest BCUT2D eigenvalue weighted by Gasteiger charge is 2.30. The molecule has 2 aromatic heterocycles. The summed E-state index contributed by atoms with van der Waals surface area (Å²) >= 11 is 1.56. The average Bonchev–Trinajstić information content (AvgIpc) is 3.35. The van der Waals surface area contributed by atoms with E-state index < -0.39 is 0 Å². The molecule has 9 heteroatoms. The Bertz CT molecular complexity index is 1650. The lowest BCUT2D eigenvalue weighted by atomic mass is 9.82. The lowest BCUT2D eigenvalue weighted by molar-refractivity contribution is 0.0962. The van der Waals surface area contributed by atoms with Gasteiger partial charge in [0.1, 0.15) is 0 Å². The molecule has 192 valence electrons. The van der Waals surface area contributed by atoms with Crippen molar-refractivity contribution in [3.63, 3.8) is 0 Å². The minimum Gasteiger partial charge on any atom is -0.493 e. The van der Waals surface area contributed by atoms with E-state index >= 15 is 0 Å². The summed E-state index contributed by atoms with van der Waals surface area (Å²) in [5, 5.41) is 7.66. The summed E-state index contributed by atoms with van der Waals surface area (Å²) in [7, 11) is 4.74. The van der Waals surface area contributed by atoms with Gasteiger partial charge in [-0.2, -0.15) is 4.98 Å². The Kier molecular flexibility index (Phi) is 6.37. The second kappa shape index (κ2) is 9.98. The van der Waals surface area contributed by atoms with Crippen LogP contribution in [0.25, 0.3) is 16.6 Å². The molecule has 1 unspecified atom stereocenters. The SMILES string of the molecule is COc1cc(C2CC(=O)c3cn4nc(SCc5cccc6ccccc56)nc4nc3C2)cc(OC)c1OC. The topological polar surface area (TPSA) is 87.8 Å². The predicted octanol–water partition coefficient (Wildman–Crippen LogP) is 5.51. The molecule has 38 heavy (non-hydrogen) atoms. The van der Waals surface area contributed by atoms with Gasteiger partial charge in [-0.25, -0.2) is 9.50 Å². The highest BCUT2D eigenvalue weighted by Crippen LogP contribution is 2.42. The van der Waals surface area contributed by atoms with Crippen LogP contribution in [-0.4, -0.2) is 46.7 Å². The number of carbonyl (C=O) groups is 1. The largest absolute Gasteiger partial charge is 0.493 e. The minimum absolute atomic E-state index is 0.0276. The summed E-state index contributed by atoms with van der Waals surface area (Å²) in [5.41, 5.74) is 3.48. The van der Waals surface area contributed by atoms with Crippen LogP contribution in [0.2, 0.25) is 0 Å². The molecule has 6 rings (SSSR count). The van der Waals surface area contributed by atoms with E-state index in [2.05, 4.69) is 46.5 Å². The molecule has 1 aliphatic rings. The highest BCUT2D eigenvalue weighted by molar-refractivity contribution is 7.98. The van der Waals surface area contributed by atoms with Gasteiger partial charge in [0.2, 0.25) is 10.9 Å². The molecule has 0 saturated carbocycles. The van der Waals surface area contributed by atoms with Crippen molar-refractivity contribution in [3.8, 4) is 17.2 Å². The van der Waals surface area contributed by atoms with Crippen molar-refractivity contribution in [1.29, 1.82) is 0 Å². The van der Waals surface area contributed by atoms with Crippen LogP contribution in [0.15, 0.2) is 66.0 Å². The Labute approximate surface area is 224 Å². The number of aromatic nitrogens is 4. The van der Waals surface area contributed by atoms with Crippen molar-refractivity contribution < 1.29 is 19.0 Å². The average molecular weight is 527 g/mol. The summed E-state index contributed by atoms with van der Waals surface area (Å²) in [6.45, 7) is 0. The van der Waals surface area contributed by atoms with Gasteiger partial charge in [0.25, 0.3) is 5.78 Å². The fourth-order valence-electron chi connectivity index (χ4n) is 5.06. The third-order valence-corrected chi connectivity index (χ3v) is 7.84. The van der Waals surface area contributed by atoms with E-state index in [0.29, 0.717) is 46.6 Å². The molecule has 0 fully saturated rings. The number of fused-ring (bicyclic) bond motifs is 3. The smallest absolute Gasteiger partial charge is 0.253 e. The van der Waals surface area contributed by atoms with E-state index in [1.165, 1.54) is 16.3 Å². The molecule has 1 aliphatic carbocycles. The van der Waals surface area contributed by atoms with Crippen LogP contribution in [-0.2, 0) is 12.2 Å². The van der Waals surface area contributed by atoms with Crippen LogP contribution in [0.3, 0.4) is 0 Å². The lowest BCUT2D eigenvalue weighted by Crippen LogP contribution is -2.21. The van der Waals surface area contributed by atoms with Crippen LogP contribution in [0.4, 0.5) is 0 Å². The van der Waals surface area contributed by atoms with E-state index in [4.69, 9.17) is 19.2 Å². The third-order valence-electron chi connectivity index (χ3n) is 6.96. The maximum atomic E-state index is 13.2. The summed E-state index contributed by atoms with van der Waals surface area (Å²) in [4.78, 5) is 22.6. The van der Waals surface area contributed by atoms with Gasteiger partial charge in [-0.05, 0) is 46.4 Å². The third kappa shape index (κ3) is 4.32. The van der Waals surface area contributed by atoms with E-state index in [1.807, 2.05) is 18.2 Å². The molecule has 8 nitrogen and oxygen atoms in total. The van der Waals surface area contributed by atoms with Gasteiger partial charge >= 0.3 is 0 Å². The van der Waals surface area contributed by atoms with Gasteiger partial charge in [-0.15, -0.1) is 5.10 Å². The van der Waals surface area contributed by atoms with Gasteiger partial charge in [0.15, 0.2) is 17.3 Å². The number of thioether (sulfide) groups is 1. The monoisotopic (exact) mass is 526 g/mol. The maximum Gasteiger partial charge on any atom is 0.253 e. The molecule has 0 spiro atoms. The second-order valence-corrected chi connectivity index (χ2v) is 10.1. The number of ether oxygens (including phenoxy) is 3. The van der Waals surface area contributed by atoms with Gasteiger partial charge in [0, 0.05) is 18.4 Å². The Balaban J connectivity index is 1.28. The highest BCUT2D eigenvalue weighted by atomic mass is 32.2. The van der Waals surface area contributed by atoms with Gasteiger partial charge < -0.3 is 14.2 Å². The van der Waals surface area contributed by atoms with Crippen molar-refractivity contribution in [2.75, 3.05) is 21.3 Å². The molecule has 3 aromatic carbocycles. The number of hydrogen-bond acceptors (Lipinski definition) is 8. The summed E-state index contributed by atoms with van der Waals surface area (Å²) < 4.78 is 18.1. The summed E-state index contributed by atoms with van der Waals surface area (Å²) in [5.74, 6) is 2.84. The molecular formula is C29H26N4O4S. The fourth-order valence-corrected chi connectivity index (χ4v) is 5.89. The van der Waals surface area contributed by atoms with Gasteiger partial charge in [-0.1, -0.05) is 54.2 Å². The number of benzene rings is 3. The van der Waals surface area contributed by atoms with Crippen LogP contribution in [0.5, 0.6) is 17.2 Å². The standard InChI is InChI=1S/C29H26N4O4S/c1-35-25-13-20(14-26(36-2)27(25)37-3)19-11-23-22(24(34)12-19)15-33-28(30-23)31-29(32-33)38-16-18-9-6-8-17-7-4-5-10-21(17)18/h4-10,13-15,19H,11-12,16H2,1-3H3. The van der Waals surface area contributed by atoms with Gasteiger partial charge in [0.05, 0.1) is 32.6 Å². The minimum atomic E-state index is -0.0678. The predicted molar refractivity (Wildman–Crippen MR) is 146 cm³/mol. The molecule has 0 bridgehead atoms. The van der Waals surface area contributed by atoms with Crippen molar-refractivity contribution in [2.45, 2.75) is 29.7 Å². The molecule has 0 N–H and O–H groups in total. The Morgan fingerprint density at radius 3 is 2.47 bits per heavy atom. The molecule has 5 aromatic rings. The number of nitrogens with zero attached hydrogens (tertiary/aromatic N) is 4. The number of carbonyl (C=O) groups excluding carboxylic acids is 1. The zero-order valence-electron chi connectivity index (χ0n) is 21.3. The van der Waals surface area contributed by atoms with Crippen molar-refractivity contribution in [2.24, 2.45) is 0 Å². The summed E-state index contributed by atoms with van der Waals surface area (Å²) in [6, 6.07) is 18.5. The van der Waals surface area contributed by atoms with E-state index in [0.717, 1.165) is 17.0 Å². The first-order chi connectivity index (χ1) is 18.6. The first-order valence-electron chi connectivity index (χ1n) is 12.3.